The van der Waals surface area contributed by atoms with E-state index in [1.54, 1.807) is 0 Å². The lowest BCUT2D eigenvalue weighted by Crippen LogP contribution is -2.29. The van der Waals surface area contributed by atoms with Crippen molar-refractivity contribution in [1.29, 1.82) is 0 Å². The third kappa shape index (κ3) is 2.64. The summed E-state index contributed by atoms with van der Waals surface area (Å²) in [5, 5.41) is 3.26. The average molecular weight is 279 g/mol. The lowest BCUT2D eigenvalue weighted by atomic mass is 10.2. The van der Waals surface area contributed by atoms with Gasteiger partial charge in [-0.05, 0) is 25.0 Å². The molecule has 0 spiro atoms. The molecule has 1 aliphatic heterocycles. The monoisotopic (exact) mass is 279 g/mol. The minimum absolute atomic E-state index is 0.0549. The molecule has 5 nitrogen and oxygen atoms in total. The molecular formula is C13H17N3O2S. The maximum atomic E-state index is 11.4. The van der Waals surface area contributed by atoms with Crippen molar-refractivity contribution >= 4 is 20.9 Å². The summed E-state index contributed by atoms with van der Waals surface area (Å²) in [6.07, 6.45) is 0.696. The molecule has 1 fully saturated rings. The minimum atomic E-state index is -2.82. The van der Waals surface area contributed by atoms with Crippen molar-refractivity contribution in [3.05, 3.63) is 29.6 Å². The van der Waals surface area contributed by atoms with Crippen molar-refractivity contribution < 1.29 is 8.42 Å². The number of aromatic amines is 1. The van der Waals surface area contributed by atoms with Crippen LogP contribution in [0.5, 0.6) is 0 Å². The number of sulfone groups is 1. The second-order valence-electron chi connectivity index (χ2n) is 5.14. The zero-order valence-corrected chi connectivity index (χ0v) is 11.6. The van der Waals surface area contributed by atoms with E-state index < -0.39 is 9.84 Å². The van der Waals surface area contributed by atoms with Crippen molar-refractivity contribution in [1.82, 2.24) is 15.3 Å². The summed E-state index contributed by atoms with van der Waals surface area (Å²) in [6.45, 7) is 2.61. The lowest BCUT2D eigenvalue weighted by molar-refractivity contribution is 0.544. The summed E-state index contributed by atoms with van der Waals surface area (Å²) < 4.78 is 22.7. The standard InChI is InChI=1S/C13H17N3O2S/c1-9-3-2-4-11-13(9)16-12(15-11)7-14-10-5-6-19(17,18)8-10/h2-4,10,14H,5-8H2,1H3,(H,15,16). The molecule has 19 heavy (non-hydrogen) atoms. The van der Waals surface area contributed by atoms with Crippen LogP contribution in [0.1, 0.15) is 17.8 Å². The van der Waals surface area contributed by atoms with Crippen molar-refractivity contribution in [2.45, 2.75) is 25.9 Å². The first-order valence-electron chi connectivity index (χ1n) is 6.41. The molecule has 1 aromatic carbocycles. The predicted molar refractivity (Wildman–Crippen MR) is 74.7 cm³/mol. The van der Waals surface area contributed by atoms with Gasteiger partial charge in [0.2, 0.25) is 0 Å². The number of rotatable bonds is 3. The van der Waals surface area contributed by atoms with Gasteiger partial charge in [-0.15, -0.1) is 0 Å². The number of nitrogens with zero attached hydrogens (tertiary/aromatic N) is 1. The van der Waals surface area contributed by atoms with E-state index >= 15 is 0 Å². The number of nitrogens with one attached hydrogen (secondary N) is 2. The lowest BCUT2D eigenvalue weighted by Gasteiger charge is -2.08. The highest BCUT2D eigenvalue weighted by Crippen LogP contribution is 2.16. The Hall–Kier alpha value is -1.40. The van der Waals surface area contributed by atoms with E-state index in [2.05, 4.69) is 15.3 Å². The summed E-state index contributed by atoms with van der Waals surface area (Å²) in [5.41, 5.74) is 3.15. The number of benzene rings is 1. The normalized spacial score (nSPS) is 22.1. The smallest absolute Gasteiger partial charge is 0.151 e. The zero-order valence-electron chi connectivity index (χ0n) is 10.8. The van der Waals surface area contributed by atoms with Crippen LogP contribution in [0, 0.1) is 6.92 Å². The van der Waals surface area contributed by atoms with Crippen molar-refractivity contribution in [2.24, 2.45) is 0 Å². The van der Waals surface area contributed by atoms with Gasteiger partial charge < -0.3 is 10.3 Å². The van der Waals surface area contributed by atoms with Gasteiger partial charge in [-0.3, -0.25) is 0 Å². The van der Waals surface area contributed by atoms with Crippen LogP contribution in [-0.2, 0) is 16.4 Å². The summed E-state index contributed by atoms with van der Waals surface area (Å²) in [7, 11) is -2.82. The van der Waals surface area contributed by atoms with Gasteiger partial charge in [0.05, 0.1) is 29.1 Å². The number of fused-ring (bicyclic) bond motifs is 1. The number of imidazole rings is 1. The van der Waals surface area contributed by atoms with Gasteiger partial charge in [-0.25, -0.2) is 13.4 Å². The average Bonchev–Trinajstić information content (AvgIpc) is 2.91. The Balaban J connectivity index is 1.71. The SMILES string of the molecule is Cc1cccc2[nH]c(CNC3CCS(=O)(=O)C3)nc12. The van der Waals surface area contributed by atoms with Crippen molar-refractivity contribution in [3.8, 4) is 0 Å². The fourth-order valence-electron chi connectivity index (χ4n) is 2.51. The van der Waals surface area contributed by atoms with Crippen LogP contribution >= 0.6 is 0 Å². The van der Waals surface area contributed by atoms with Crippen LogP contribution in [0.15, 0.2) is 18.2 Å². The van der Waals surface area contributed by atoms with Gasteiger partial charge in [0, 0.05) is 6.04 Å². The van der Waals surface area contributed by atoms with Gasteiger partial charge in [0.1, 0.15) is 5.82 Å². The quantitative estimate of drug-likeness (QED) is 0.884. The van der Waals surface area contributed by atoms with Crippen molar-refractivity contribution in [3.63, 3.8) is 0 Å². The van der Waals surface area contributed by atoms with Crippen LogP contribution in [-0.4, -0.2) is 35.9 Å². The topological polar surface area (TPSA) is 74.8 Å². The Morgan fingerprint density at radius 1 is 1.47 bits per heavy atom. The molecule has 102 valence electrons. The highest BCUT2D eigenvalue weighted by Gasteiger charge is 2.27. The largest absolute Gasteiger partial charge is 0.341 e. The second kappa shape index (κ2) is 4.61. The number of para-hydroxylation sites is 1. The number of aromatic nitrogens is 2. The molecule has 1 aromatic heterocycles. The van der Waals surface area contributed by atoms with E-state index in [0.717, 1.165) is 22.4 Å². The first kappa shape index (κ1) is 12.6. The third-order valence-corrected chi connectivity index (χ3v) is 5.32. The summed E-state index contributed by atoms with van der Waals surface area (Å²) in [4.78, 5) is 7.80. The maximum Gasteiger partial charge on any atom is 0.151 e. The van der Waals surface area contributed by atoms with E-state index in [1.165, 1.54) is 0 Å². The Kier molecular flexibility index (Phi) is 3.06. The molecule has 0 bridgehead atoms. The highest BCUT2D eigenvalue weighted by atomic mass is 32.2. The van der Waals surface area contributed by atoms with Crippen LogP contribution < -0.4 is 5.32 Å². The Labute approximate surface area is 112 Å². The van der Waals surface area contributed by atoms with Crippen LogP contribution in [0.2, 0.25) is 0 Å². The fraction of sp³-hybridized carbons (Fsp3) is 0.462. The van der Waals surface area contributed by atoms with Crippen molar-refractivity contribution in [2.75, 3.05) is 11.5 Å². The summed E-state index contributed by atoms with van der Waals surface area (Å²) in [6, 6.07) is 6.08. The Morgan fingerprint density at radius 2 is 2.32 bits per heavy atom. The third-order valence-electron chi connectivity index (χ3n) is 3.55. The molecule has 1 aliphatic rings. The van der Waals surface area contributed by atoms with Crippen LogP contribution in [0.25, 0.3) is 11.0 Å². The number of H-pyrrole nitrogens is 1. The molecule has 0 aliphatic carbocycles. The molecule has 1 atom stereocenters. The molecule has 2 heterocycles. The summed E-state index contributed by atoms with van der Waals surface area (Å²) >= 11 is 0. The van der Waals surface area contributed by atoms with Gasteiger partial charge in [0.25, 0.3) is 0 Å². The predicted octanol–water partition coefficient (Wildman–Crippen LogP) is 1.15. The van der Waals surface area contributed by atoms with Gasteiger partial charge in [0.15, 0.2) is 9.84 Å². The molecule has 3 rings (SSSR count). The van der Waals surface area contributed by atoms with E-state index in [4.69, 9.17) is 0 Å². The number of aryl methyl sites for hydroxylation is 1. The van der Waals surface area contributed by atoms with Crippen LogP contribution in [0.3, 0.4) is 0 Å². The zero-order chi connectivity index (χ0) is 13.5. The molecular weight excluding hydrogens is 262 g/mol. The van der Waals surface area contributed by atoms with Crippen LogP contribution in [0.4, 0.5) is 0 Å². The molecule has 2 aromatic rings. The van der Waals surface area contributed by atoms with E-state index in [9.17, 15) is 8.42 Å². The molecule has 1 unspecified atom stereocenters. The minimum Gasteiger partial charge on any atom is -0.341 e. The fourth-order valence-corrected chi connectivity index (χ4v) is 4.22. The summed E-state index contributed by atoms with van der Waals surface area (Å²) in [5.74, 6) is 1.39. The molecule has 0 radical (unpaired) electrons. The molecule has 0 amide bonds. The first-order chi connectivity index (χ1) is 9.03. The van der Waals surface area contributed by atoms with E-state index in [-0.39, 0.29) is 11.8 Å². The highest BCUT2D eigenvalue weighted by molar-refractivity contribution is 7.91. The molecule has 2 N–H and O–H groups in total. The molecule has 1 saturated heterocycles. The van der Waals surface area contributed by atoms with Gasteiger partial charge in [-0.2, -0.15) is 0 Å². The maximum absolute atomic E-state index is 11.4. The van der Waals surface area contributed by atoms with E-state index in [0.29, 0.717) is 18.7 Å². The van der Waals surface area contributed by atoms with E-state index in [1.807, 2.05) is 25.1 Å². The number of hydrogen-bond acceptors (Lipinski definition) is 4. The number of hydrogen-bond donors (Lipinski definition) is 2. The first-order valence-corrected chi connectivity index (χ1v) is 8.24. The Morgan fingerprint density at radius 3 is 3.00 bits per heavy atom. The second-order valence-corrected chi connectivity index (χ2v) is 7.36. The van der Waals surface area contributed by atoms with Gasteiger partial charge in [-0.1, -0.05) is 12.1 Å². The molecule has 0 saturated carbocycles. The molecule has 6 heteroatoms. The Bertz CT molecular complexity index is 706. The van der Waals surface area contributed by atoms with Gasteiger partial charge >= 0.3 is 0 Å².